The van der Waals surface area contributed by atoms with Crippen LogP contribution < -0.4 is 11.2 Å². The number of rotatable bonds is 3. The number of benzene rings is 1. The second kappa shape index (κ2) is 5.52. The first-order valence-corrected chi connectivity index (χ1v) is 6.57. The van der Waals surface area contributed by atoms with Gasteiger partial charge in [0, 0.05) is 21.8 Å². The fourth-order valence-electron chi connectivity index (χ4n) is 1.76. The molecule has 100 valence electrons. The van der Waals surface area contributed by atoms with E-state index in [9.17, 15) is 14.0 Å². The van der Waals surface area contributed by atoms with Crippen molar-refractivity contribution in [2.45, 2.75) is 19.9 Å². The highest BCUT2D eigenvalue weighted by atomic mass is 79.9. The van der Waals surface area contributed by atoms with Gasteiger partial charge in [-0.2, -0.15) is 0 Å². The maximum absolute atomic E-state index is 13.7. The fraction of sp³-hybridized carbons (Fsp3) is 0.231. The Labute approximate surface area is 117 Å². The van der Waals surface area contributed by atoms with Gasteiger partial charge in [0.15, 0.2) is 0 Å². The Morgan fingerprint density at radius 3 is 2.68 bits per heavy atom. The van der Waals surface area contributed by atoms with Gasteiger partial charge < -0.3 is 0 Å². The Morgan fingerprint density at radius 1 is 1.32 bits per heavy atom. The molecule has 1 aromatic heterocycles. The molecule has 0 fully saturated rings. The van der Waals surface area contributed by atoms with Crippen LogP contribution in [-0.2, 0) is 13.0 Å². The van der Waals surface area contributed by atoms with Crippen molar-refractivity contribution < 1.29 is 4.39 Å². The Bertz CT molecular complexity index is 721. The van der Waals surface area contributed by atoms with Crippen LogP contribution in [0.25, 0.3) is 0 Å². The van der Waals surface area contributed by atoms with E-state index in [-0.39, 0.29) is 12.1 Å². The average Bonchev–Trinajstić information content (AvgIpc) is 2.35. The van der Waals surface area contributed by atoms with Gasteiger partial charge in [0.25, 0.3) is 5.56 Å². The van der Waals surface area contributed by atoms with E-state index >= 15 is 0 Å². The van der Waals surface area contributed by atoms with E-state index in [4.69, 9.17) is 0 Å². The molecule has 2 rings (SSSR count). The molecule has 0 amide bonds. The molecule has 6 heteroatoms. The van der Waals surface area contributed by atoms with Crippen LogP contribution in [0.5, 0.6) is 0 Å². The van der Waals surface area contributed by atoms with Gasteiger partial charge in [-0.15, -0.1) is 0 Å². The smallest absolute Gasteiger partial charge is 0.296 e. The van der Waals surface area contributed by atoms with Crippen LogP contribution in [0, 0.1) is 5.82 Å². The Hall–Kier alpha value is -1.69. The summed E-state index contributed by atoms with van der Waals surface area (Å²) in [7, 11) is 0. The summed E-state index contributed by atoms with van der Waals surface area (Å²) >= 11 is 3.17. The minimum Gasteiger partial charge on any atom is -0.296 e. The normalized spacial score (nSPS) is 10.7. The molecule has 0 radical (unpaired) electrons. The largest absolute Gasteiger partial charge is 0.328 e. The number of aryl methyl sites for hydroxylation is 1. The summed E-state index contributed by atoms with van der Waals surface area (Å²) in [6.45, 7) is 1.90. The lowest BCUT2D eigenvalue weighted by molar-refractivity contribution is 0.590. The molecule has 0 spiro atoms. The van der Waals surface area contributed by atoms with E-state index in [0.29, 0.717) is 22.0 Å². The van der Waals surface area contributed by atoms with E-state index in [1.54, 1.807) is 12.1 Å². The van der Waals surface area contributed by atoms with Gasteiger partial charge in [0.2, 0.25) is 0 Å². The first-order valence-electron chi connectivity index (χ1n) is 5.78. The van der Waals surface area contributed by atoms with E-state index in [1.807, 2.05) is 6.92 Å². The quantitative estimate of drug-likeness (QED) is 0.938. The van der Waals surface area contributed by atoms with Gasteiger partial charge in [0.05, 0.1) is 6.54 Å². The number of hydrogen-bond acceptors (Lipinski definition) is 2. The van der Waals surface area contributed by atoms with Gasteiger partial charge >= 0.3 is 5.69 Å². The highest BCUT2D eigenvalue weighted by Crippen LogP contribution is 2.15. The monoisotopic (exact) mass is 326 g/mol. The van der Waals surface area contributed by atoms with Crippen molar-refractivity contribution in [2.24, 2.45) is 0 Å². The highest BCUT2D eigenvalue weighted by molar-refractivity contribution is 9.10. The number of hydrogen-bond donors (Lipinski definition) is 1. The highest BCUT2D eigenvalue weighted by Gasteiger charge is 2.07. The topological polar surface area (TPSA) is 54.9 Å². The van der Waals surface area contributed by atoms with Crippen LogP contribution in [0.2, 0.25) is 0 Å². The average molecular weight is 327 g/mol. The molecule has 1 N–H and O–H groups in total. The minimum atomic E-state index is -0.537. The first-order chi connectivity index (χ1) is 9.01. The van der Waals surface area contributed by atoms with Crippen molar-refractivity contribution in [1.29, 1.82) is 0 Å². The molecular weight excluding hydrogens is 315 g/mol. The number of aromatic amines is 1. The number of H-pyrrole nitrogens is 1. The predicted molar refractivity (Wildman–Crippen MR) is 73.9 cm³/mol. The molecule has 1 heterocycles. The summed E-state index contributed by atoms with van der Waals surface area (Å²) in [5.74, 6) is -0.398. The predicted octanol–water partition coefficient (Wildman–Crippen LogP) is 2.05. The van der Waals surface area contributed by atoms with Crippen molar-refractivity contribution in [3.05, 3.63) is 66.7 Å². The van der Waals surface area contributed by atoms with Crippen LogP contribution in [0.15, 0.2) is 38.5 Å². The van der Waals surface area contributed by atoms with E-state index in [2.05, 4.69) is 20.9 Å². The van der Waals surface area contributed by atoms with Crippen molar-refractivity contribution in [2.75, 3.05) is 0 Å². The van der Waals surface area contributed by atoms with E-state index in [1.165, 1.54) is 16.8 Å². The summed E-state index contributed by atoms with van der Waals surface area (Å²) in [6, 6.07) is 4.64. The summed E-state index contributed by atoms with van der Waals surface area (Å²) < 4.78 is 15.6. The van der Waals surface area contributed by atoms with Gasteiger partial charge in [0.1, 0.15) is 5.82 Å². The zero-order chi connectivity index (χ0) is 14.0. The van der Waals surface area contributed by atoms with Crippen LogP contribution in [0.3, 0.4) is 0 Å². The van der Waals surface area contributed by atoms with Gasteiger partial charge in [-0.1, -0.05) is 28.9 Å². The molecule has 0 atom stereocenters. The van der Waals surface area contributed by atoms with Crippen LogP contribution >= 0.6 is 15.9 Å². The molecule has 0 saturated carbocycles. The van der Waals surface area contributed by atoms with Crippen LogP contribution in [-0.4, -0.2) is 9.55 Å². The fourth-order valence-corrected chi connectivity index (χ4v) is 2.09. The molecule has 0 aliphatic rings. The molecule has 0 unspecified atom stereocenters. The maximum atomic E-state index is 13.7. The standard InChI is InChI=1S/C13H12BrFN2O2/c1-2-8-6-17(13(19)16-12(8)18)7-9-3-4-10(14)5-11(9)15/h3-6H,2,7H2,1H3,(H,16,18,19). The molecule has 0 aliphatic carbocycles. The Balaban J connectivity index is 2.43. The van der Waals surface area contributed by atoms with Gasteiger partial charge in [-0.3, -0.25) is 14.3 Å². The Kier molecular flexibility index (Phi) is 3.99. The number of nitrogens with zero attached hydrogens (tertiary/aromatic N) is 1. The van der Waals surface area contributed by atoms with Gasteiger partial charge in [-0.05, 0) is 18.6 Å². The molecule has 19 heavy (non-hydrogen) atoms. The Morgan fingerprint density at radius 2 is 2.05 bits per heavy atom. The zero-order valence-corrected chi connectivity index (χ0v) is 11.8. The summed E-state index contributed by atoms with van der Waals surface area (Å²) in [5, 5.41) is 0. The number of aromatic nitrogens is 2. The second-order valence-corrected chi connectivity index (χ2v) is 5.05. The van der Waals surface area contributed by atoms with Crippen molar-refractivity contribution in [3.8, 4) is 0 Å². The zero-order valence-electron chi connectivity index (χ0n) is 10.2. The summed E-state index contributed by atoms with van der Waals surface area (Å²) in [4.78, 5) is 25.3. The summed E-state index contributed by atoms with van der Waals surface area (Å²) in [5.41, 5.74) is -0.0407. The molecule has 2 aromatic rings. The van der Waals surface area contributed by atoms with Crippen LogP contribution in [0.4, 0.5) is 4.39 Å². The third kappa shape index (κ3) is 3.01. The number of halogens is 2. The maximum Gasteiger partial charge on any atom is 0.328 e. The first kappa shape index (κ1) is 13.7. The molecule has 0 aliphatic heterocycles. The lowest BCUT2D eigenvalue weighted by Crippen LogP contribution is -2.32. The van der Waals surface area contributed by atoms with Gasteiger partial charge in [-0.25, -0.2) is 9.18 Å². The molecule has 1 aromatic carbocycles. The third-order valence-corrected chi connectivity index (χ3v) is 3.31. The second-order valence-electron chi connectivity index (χ2n) is 4.13. The minimum absolute atomic E-state index is 0.0850. The molecule has 4 nitrogen and oxygen atoms in total. The summed E-state index contributed by atoms with van der Waals surface area (Å²) in [6.07, 6.45) is 1.99. The lowest BCUT2D eigenvalue weighted by Gasteiger charge is -2.08. The SMILES string of the molecule is CCc1cn(Cc2ccc(Br)cc2F)c(=O)[nH]c1=O. The van der Waals surface area contributed by atoms with Crippen molar-refractivity contribution >= 4 is 15.9 Å². The third-order valence-electron chi connectivity index (χ3n) is 2.82. The molecule has 0 saturated heterocycles. The van der Waals surface area contributed by atoms with Crippen molar-refractivity contribution in [1.82, 2.24) is 9.55 Å². The molecular formula is C13H12BrFN2O2. The van der Waals surface area contributed by atoms with E-state index in [0.717, 1.165) is 0 Å². The lowest BCUT2D eigenvalue weighted by atomic mass is 10.2. The number of nitrogens with one attached hydrogen (secondary N) is 1. The molecule has 0 bridgehead atoms. The van der Waals surface area contributed by atoms with E-state index < -0.39 is 11.5 Å². The van der Waals surface area contributed by atoms with Crippen LogP contribution in [0.1, 0.15) is 18.1 Å². The van der Waals surface area contributed by atoms with Crippen molar-refractivity contribution in [3.63, 3.8) is 0 Å².